The van der Waals surface area contributed by atoms with Crippen molar-refractivity contribution in [3.63, 3.8) is 0 Å². The summed E-state index contributed by atoms with van der Waals surface area (Å²) in [7, 11) is 0. The van der Waals surface area contributed by atoms with E-state index in [0.29, 0.717) is 35.3 Å². The highest BCUT2D eigenvalue weighted by Gasteiger charge is 2.45. The van der Waals surface area contributed by atoms with Gasteiger partial charge in [-0.3, -0.25) is 9.59 Å². The van der Waals surface area contributed by atoms with Gasteiger partial charge in [0.2, 0.25) is 5.91 Å². The number of nitrogens with one attached hydrogen (secondary N) is 2. The molecule has 5 N–H and O–H groups in total. The van der Waals surface area contributed by atoms with Crippen molar-refractivity contribution in [3.8, 4) is 0 Å². The third kappa shape index (κ3) is 2.62. The Morgan fingerprint density at radius 3 is 2.80 bits per heavy atom. The fourth-order valence-corrected chi connectivity index (χ4v) is 4.86. The van der Waals surface area contributed by atoms with E-state index < -0.39 is 17.3 Å². The Morgan fingerprint density at radius 1 is 1.27 bits per heavy atom. The molecular formula is C21H21N5O4. The number of carbonyl (C=O) groups excluding carboxylic acids is 2. The molecule has 0 aliphatic carbocycles. The van der Waals surface area contributed by atoms with Gasteiger partial charge in [0.15, 0.2) is 0 Å². The van der Waals surface area contributed by atoms with Gasteiger partial charge in [-0.2, -0.15) is 0 Å². The van der Waals surface area contributed by atoms with Crippen molar-refractivity contribution >= 4 is 45.4 Å². The first kappa shape index (κ1) is 18.4. The number of benzene rings is 1. The Kier molecular flexibility index (Phi) is 3.96. The lowest BCUT2D eigenvalue weighted by Crippen LogP contribution is -2.47. The number of hydrogen-bond donors (Lipinski definition) is 4. The van der Waals surface area contributed by atoms with Crippen molar-refractivity contribution in [1.29, 1.82) is 0 Å². The smallest absolute Gasteiger partial charge is 0.335 e. The molecule has 30 heavy (non-hydrogen) atoms. The molecule has 9 heteroatoms. The van der Waals surface area contributed by atoms with Crippen LogP contribution in [0.2, 0.25) is 0 Å². The second-order valence-electron chi connectivity index (χ2n) is 8.11. The average Bonchev–Trinajstić information content (AvgIpc) is 3.27. The maximum absolute atomic E-state index is 12.5. The lowest BCUT2D eigenvalue weighted by atomic mass is 9.78. The fourth-order valence-electron chi connectivity index (χ4n) is 4.86. The number of rotatable bonds is 3. The van der Waals surface area contributed by atoms with E-state index in [1.165, 1.54) is 18.3 Å². The third-order valence-corrected chi connectivity index (χ3v) is 6.37. The van der Waals surface area contributed by atoms with Crippen molar-refractivity contribution in [3.05, 3.63) is 35.5 Å². The van der Waals surface area contributed by atoms with Crippen LogP contribution in [0.5, 0.6) is 0 Å². The number of primary amides is 1. The summed E-state index contributed by atoms with van der Waals surface area (Å²) >= 11 is 0. The highest BCUT2D eigenvalue weighted by molar-refractivity contribution is 6.19. The molecule has 0 radical (unpaired) electrons. The van der Waals surface area contributed by atoms with Crippen molar-refractivity contribution in [2.45, 2.75) is 19.3 Å². The number of carboxylic acid groups (broad SMARTS) is 1. The van der Waals surface area contributed by atoms with Crippen molar-refractivity contribution in [1.82, 2.24) is 15.3 Å². The molecule has 154 valence electrons. The number of piperidine rings is 1. The number of aromatic carboxylic acids is 1. The van der Waals surface area contributed by atoms with Crippen LogP contribution in [-0.4, -0.2) is 52.5 Å². The predicted octanol–water partition coefficient (Wildman–Crippen LogP) is 1.62. The van der Waals surface area contributed by atoms with Gasteiger partial charge in [-0.05, 0) is 31.4 Å². The zero-order valence-electron chi connectivity index (χ0n) is 16.2. The number of H-pyrrole nitrogens is 1. The number of aromatic nitrogens is 2. The maximum Gasteiger partial charge on any atom is 0.335 e. The van der Waals surface area contributed by atoms with Gasteiger partial charge in [0, 0.05) is 36.7 Å². The molecule has 2 aliphatic rings. The number of amides is 2. The number of carboxylic acids is 1. The monoisotopic (exact) mass is 407 g/mol. The van der Waals surface area contributed by atoms with Crippen LogP contribution in [0.4, 0.5) is 5.82 Å². The zero-order valence-corrected chi connectivity index (χ0v) is 16.2. The molecule has 2 amide bonds. The highest BCUT2D eigenvalue weighted by Crippen LogP contribution is 2.41. The minimum atomic E-state index is -1.03. The normalized spacial score (nSPS) is 21.5. The van der Waals surface area contributed by atoms with E-state index in [4.69, 9.17) is 5.73 Å². The quantitative estimate of drug-likeness (QED) is 0.520. The average molecular weight is 407 g/mol. The number of pyridine rings is 1. The molecule has 1 aromatic carbocycles. The summed E-state index contributed by atoms with van der Waals surface area (Å²) < 4.78 is 0. The second-order valence-corrected chi connectivity index (χ2v) is 8.11. The van der Waals surface area contributed by atoms with Crippen LogP contribution in [0.25, 0.3) is 21.8 Å². The summed E-state index contributed by atoms with van der Waals surface area (Å²) in [5.74, 6) is -0.895. The minimum Gasteiger partial charge on any atom is -0.478 e. The van der Waals surface area contributed by atoms with Crippen LogP contribution < -0.4 is 16.0 Å². The van der Waals surface area contributed by atoms with Gasteiger partial charge in [-0.1, -0.05) is 6.07 Å². The van der Waals surface area contributed by atoms with E-state index >= 15 is 0 Å². The molecule has 9 nitrogen and oxygen atoms in total. The number of aromatic amines is 1. The van der Waals surface area contributed by atoms with Gasteiger partial charge in [-0.25, -0.2) is 9.78 Å². The van der Waals surface area contributed by atoms with Gasteiger partial charge in [0.05, 0.1) is 27.4 Å². The molecule has 2 fully saturated rings. The van der Waals surface area contributed by atoms with Crippen LogP contribution in [-0.2, 0) is 4.79 Å². The first-order valence-corrected chi connectivity index (χ1v) is 9.90. The van der Waals surface area contributed by atoms with Gasteiger partial charge >= 0.3 is 5.97 Å². The summed E-state index contributed by atoms with van der Waals surface area (Å²) in [5, 5.41) is 13.7. The summed E-state index contributed by atoms with van der Waals surface area (Å²) in [4.78, 5) is 45.7. The molecule has 1 spiro atoms. The van der Waals surface area contributed by atoms with Crippen molar-refractivity contribution in [2.24, 2.45) is 11.1 Å². The number of nitrogens with two attached hydrogens (primary N) is 1. The molecule has 2 aromatic heterocycles. The van der Waals surface area contributed by atoms with Gasteiger partial charge < -0.3 is 26.0 Å². The van der Waals surface area contributed by atoms with Crippen LogP contribution >= 0.6 is 0 Å². The Bertz CT molecular complexity index is 1230. The largest absolute Gasteiger partial charge is 0.478 e. The zero-order chi connectivity index (χ0) is 21.0. The van der Waals surface area contributed by atoms with Crippen molar-refractivity contribution in [2.75, 3.05) is 24.5 Å². The highest BCUT2D eigenvalue weighted by atomic mass is 16.4. The van der Waals surface area contributed by atoms with E-state index in [1.807, 2.05) is 0 Å². The molecule has 4 heterocycles. The Morgan fingerprint density at radius 2 is 2.10 bits per heavy atom. The lowest BCUT2D eigenvalue weighted by Gasteiger charge is -2.39. The molecular weight excluding hydrogens is 386 g/mol. The number of nitrogens with zero attached hydrogens (tertiary/aromatic N) is 2. The maximum atomic E-state index is 12.5. The molecule has 2 saturated heterocycles. The summed E-state index contributed by atoms with van der Waals surface area (Å²) in [6.45, 7) is 1.98. The Labute approximate surface area is 171 Å². The number of hydrogen-bond acceptors (Lipinski definition) is 5. The van der Waals surface area contributed by atoms with Gasteiger partial charge in [-0.15, -0.1) is 0 Å². The molecule has 0 bridgehead atoms. The van der Waals surface area contributed by atoms with Crippen LogP contribution in [0.3, 0.4) is 0 Å². The first-order chi connectivity index (χ1) is 14.4. The van der Waals surface area contributed by atoms with Crippen LogP contribution in [0.15, 0.2) is 24.4 Å². The molecule has 1 atom stereocenters. The Hall–Kier alpha value is -3.62. The minimum absolute atomic E-state index is 0.0854. The predicted molar refractivity (Wildman–Crippen MR) is 111 cm³/mol. The molecule has 0 saturated carbocycles. The Balaban J connectivity index is 1.71. The molecule has 5 rings (SSSR count). The molecule has 1 unspecified atom stereocenters. The number of anilines is 1. The summed E-state index contributed by atoms with van der Waals surface area (Å²) in [5.41, 5.74) is 6.65. The molecule has 2 aliphatic heterocycles. The van der Waals surface area contributed by atoms with E-state index in [0.717, 1.165) is 31.2 Å². The summed E-state index contributed by atoms with van der Waals surface area (Å²) in [6.07, 6.45) is 3.94. The SMILES string of the molecule is NC(=O)c1cnc(N2CCCC3(CCNC3=O)C2)c2c1[nH]c1cc(C(=O)O)ccc12. The fraction of sp³-hybridized carbons (Fsp3) is 0.333. The van der Waals surface area contributed by atoms with Crippen molar-refractivity contribution < 1.29 is 19.5 Å². The van der Waals surface area contributed by atoms with Gasteiger partial charge in [0.25, 0.3) is 5.91 Å². The first-order valence-electron chi connectivity index (χ1n) is 9.90. The van der Waals surface area contributed by atoms with Crippen LogP contribution in [0, 0.1) is 5.41 Å². The lowest BCUT2D eigenvalue weighted by molar-refractivity contribution is -0.128. The molecule has 3 aromatic rings. The van der Waals surface area contributed by atoms with E-state index in [-0.39, 0.29) is 17.0 Å². The van der Waals surface area contributed by atoms with E-state index in [1.54, 1.807) is 6.07 Å². The van der Waals surface area contributed by atoms with Gasteiger partial charge in [0.1, 0.15) is 5.82 Å². The second kappa shape index (κ2) is 6.45. The van der Waals surface area contributed by atoms with E-state index in [2.05, 4.69) is 20.2 Å². The summed E-state index contributed by atoms with van der Waals surface area (Å²) in [6, 6.07) is 4.78. The number of carbonyl (C=O) groups is 3. The topological polar surface area (TPSA) is 141 Å². The number of fused-ring (bicyclic) bond motifs is 3. The van der Waals surface area contributed by atoms with E-state index in [9.17, 15) is 19.5 Å². The third-order valence-electron chi connectivity index (χ3n) is 6.37. The van der Waals surface area contributed by atoms with Crippen LogP contribution in [0.1, 0.15) is 40.0 Å². The standard InChI is InChI=1S/C21H21N5O4/c22-17(27)13-9-24-18(26-7-1-4-21(10-26)5-6-23-20(21)30)15-12-3-2-11(19(28)29)8-14(12)25-16(13)15/h2-3,8-9,25H,1,4-7,10H2,(H2,22,27)(H,23,30)(H,28,29).